The Morgan fingerprint density at radius 1 is 1.00 bits per heavy atom. The van der Waals surface area contributed by atoms with Crippen molar-refractivity contribution in [1.82, 2.24) is 0 Å². The summed E-state index contributed by atoms with van der Waals surface area (Å²) in [6.07, 6.45) is -15.5. The van der Waals surface area contributed by atoms with Gasteiger partial charge in [-0.15, -0.1) is 0 Å². The summed E-state index contributed by atoms with van der Waals surface area (Å²) in [6, 6.07) is 3.37. The molecule has 35 heavy (non-hydrogen) atoms. The molecule has 1 aliphatic carbocycles. The zero-order valence-corrected chi connectivity index (χ0v) is 18.8. The summed E-state index contributed by atoms with van der Waals surface area (Å²) in [5, 5.41) is 4.53. The van der Waals surface area contributed by atoms with Crippen molar-refractivity contribution in [3.63, 3.8) is 0 Å². The maximum atomic E-state index is 14.8. The third-order valence-corrected chi connectivity index (χ3v) is 5.79. The van der Waals surface area contributed by atoms with Crippen LogP contribution in [0, 0.1) is 11.7 Å². The second-order valence-corrected chi connectivity index (χ2v) is 8.74. The first-order chi connectivity index (χ1) is 16.0. The van der Waals surface area contributed by atoms with Gasteiger partial charge >= 0.3 is 18.5 Å². The van der Waals surface area contributed by atoms with Gasteiger partial charge in [-0.25, -0.2) is 4.39 Å². The summed E-state index contributed by atoms with van der Waals surface area (Å²) in [6.45, 7) is 0.410. The third kappa shape index (κ3) is 6.39. The highest BCUT2D eigenvalue weighted by molar-refractivity contribution is 9.10. The van der Waals surface area contributed by atoms with Crippen LogP contribution in [0.25, 0.3) is 0 Å². The summed E-state index contributed by atoms with van der Waals surface area (Å²) >= 11 is 2.52. The van der Waals surface area contributed by atoms with Gasteiger partial charge in [0.15, 0.2) is 11.7 Å². The van der Waals surface area contributed by atoms with Gasteiger partial charge in [-0.05, 0) is 64.5 Å². The molecule has 1 aliphatic rings. The lowest BCUT2D eigenvalue weighted by Crippen LogP contribution is -2.34. The van der Waals surface area contributed by atoms with Crippen molar-refractivity contribution < 1.29 is 48.7 Å². The number of hydrogen-bond donors (Lipinski definition) is 2. The predicted octanol–water partition coefficient (Wildman–Crippen LogP) is 7.89. The number of hydrogen-bond acceptors (Lipinski definition) is 2. The monoisotopic (exact) mass is 580 g/mol. The third-order valence-electron chi connectivity index (χ3n) is 5.17. The number of carbonyl (C=O) groups is 1. The molecule has 1 saturated carbocycles. The van der Waals surface area contributed by atoms with Gasteiger partial charge in [-0.2, -0.15) is 39.5 Å². The largest absolute Gasteiger partial charge is 0.418 e. The van der Waals surface area contributed by atoms with E-state index in [-0.39, 0.29) is 17.8 Å². The Morgan fingerprint density at radius 2 is 1.60 bits per heavy atom. The molecule has 0 radical (unpaired) electrons. The lowest BCUT2D eigenvalue weighted by atomic mass is 9.95. The van der Waals surface area contributed by atoms with Crippen molar-refractivity contribution in [3.05, 3.63) is 57.3 Å². The van der Waals surface area contributed by atoms with Crippen molar-refractivity contribution in [1.29, 1.82) is 0 Å². The Balaban J connectivity index is 2.01. The summed E-state index contributed by atoms with van der Waals surface area (Å²) < 4.78 is 133. The van der Waals surface area contributed by atoms with Crippen molar-refractivity contribution in [2.45, 2.75) is 37.3 Å². The average molecular weight is 581 g/mol. The van der Waals surface area contributed by atoms with E-state index in [4.69, 9.17) is 0 Å². The SMILES string of the molecule is O=C(Nc1c(Br)cc(C(C(F)(F)F)C(F)(F)F)cc1C(F)(F)F)c1cccc(NCC2CC2)c1F. The predicted molar refractivity (Wildman–Crippen MR) is 110 cm³/mol. The van der Waals surface area contributed by atoms with E-state index in [1.807, 2.05) is 0 Å². The number of carbonyl (C=O) groups excluding carboxylic acids is 1. The minimum atomic E-state index is -5.94. The first kappa shape index (κ1) is 27.1. The Kier molecular flexibility index (Phi) is 7.36. The molecule has 0 saturated heterocycles. The number of halogens is 11. The molecule has 0 bridgehead atoms. The molecule has 0 atom stereocenters. The van der Waals surface area contributed by atoms with E-state index in [1.54, 1.807) is 5.32 Å². The zero-order chi connectivity index (χ0) is 26.3. The minimum Gasteiger partial charge on any atom is -0.382 e. The molecule has 1 fully saturated rings. The molecule has 3 nitrogen and oxygen atoms in total. The van der Waals surface area contributed by atoms with Crippen LogP contribution >= 0.6 is 15.9 Å². The lowest BCUT2D eigenvalue weighted by Gasteiger charge is -2.25. The summed E-state index contributed by atoms with van der Waals surface area (Å²) in [5.74, 6) is -6.35. The van der Waals surface area contributed by atoms with Crippen LogP contribution < -0.4 is 10.6 Å². The van der Waals surface area contributed by atoms with Crippen LogP contribution in [0.4, 0.5) is 55.3 Å². The van der Waals surface area contributed by atoms with Crippen LogP contribution in [0.2, 0.25) is 0 Å². The van der Waals surface area contributed by atoms with Crippen molar-refractivity contribution in [2.75, 3.05) is 17.2 Å². The Hall–Kier alpha value is -2.51. The van der Waals surface area contributed by atoms with Crippen molar-refractivity contribution >= 4 is 33.2 Å². The second-order valence-electron chi connectivity index (χ2n) is 7.88. The first-order valence-corrected chi connectivity index (χ1v) is 10.7. The van der Waals surface area contributed by atoms with E-state index in [9.17, 15) is 48.7 Å². The molecule has 14 heteroatoms. The molecule has 2 N–H and O–H groups in total. The van der Waals surface area contributed by atoms with E-state index >= 15 is 0 Å². The summed E-state index contributed by atoms with van der Waals surface area (Å²) in [7, 11) is 0. The van der Waals surface area contributed by atoms with Gasteiger partial charge in [-0.3, -0.25) is 4.79 Å². The van der Waals surface area contributed by atoms with E-state index in [0.29, 0.717) is 12.5 Å². The van der Waals surface area contributed by atoms with E-state index in [1.165, 1.54) is 12.1 Å². The molecule has 0 spiro atoms. The Morgan fingerprint density at radius 3 is 2.11 bits per heavy atom. The number of anilines is 2. The van der Waals surface area contributed by atoms with E-state index < -0.39 is 63.0 Å². The zero-order valence-electron chi connectivity index (χ0n) is 17.2. The number of benzene rings is 2. The summed E-state index contributed by atoms with van der Waals surface area (Å²) in [4.78, 5) is 12.6. The number of alkyl halides is 9. The molecule has 192 valence electrons. The number of rotatable bonds is 6. The van der Waals surface area contributed by atoms with E-state index in [2.05, 4.69) is 21.2 Å². The number of amides is 1. The first-order valence-electron chi connectivity index (χ1n) is 9.88. The van der Waals surface area contributed by atoms with Crippen LogP contribution in [0.1, 0.15) is 40.2 Å². The highest BCUT2D eigenvalue weighted by atomic mass is 79.9. The van der Waals surface area contributed by atoms with Crippen LogP contribution in [0.5, 0.6) is 0 Å². The molecule has 0 heterocycles. The van der Waals surface area contributed by atoms with Crippen LogP contribution in [-0.2, 0) is 6.18 Å². The van der Waals surface area contributed by atoms with E-state index in [0.717, 1.165) is 18.9 Å². The Bertz CT molecular complexity index is 1090. The van der Waals surface area contributed by atoms with Gasteiger partial charge in [0.25, 0.3) is 5.91 Å². The topological polar surface area (TPSA) is 41.1 Å². The normalized spacial score (nSPS) is 14.9. The minimum absolute atomic E-state index is 0.0896. The highest BCUT2D eigenvalue weighted by Gasteiger charge is 2.58. The van der Waals surface area contributed by atoms with Gasteiger partial charge in [0.1, 0.15) is 0 Å². The second kappa shape index (κ2) is 9.51. The van der Waals surface area contributed by atoms with Gasteiger partial charge in [0.05, 0.1) is 22.5 Å². The van der Waals surface area contributed by atoms with Crippen molar-refractivity contribution in [3.8, 4) is 0 Å². The standard InChI is InChI=1S/C21H15BrF10N2O/c22-13-7-10(17(20(27,28)29)21(30,31)32)6-12(19(24,25)26)16(13)34-18(35)11-2-1-3-14(15(11)23)33-8-9-4-5-9/h1-3,6-7,9,17,33H,4-5,8H2,(H,34,35). The van der Waals surface area contributed by atoms with Crippen LogP contribution in [-0.4, -0.2) is 24.8 Å². The molecule has 0 aliphatic heterocycles. The molecule has 3 rings (SSSR count). The van der Waals surface area contributed by atoms with Crippen molar-refractivity contribution in [2.24, 2.45) is 5.92 Å². The molecule has 0 aromatic heterocycles. The highest BCUT2D eigenvalue weighted by Crippen LogP contribution is 2.49. The average Bonchev–Trinajstić information content (AvgIpc) is 3.50. The fourth-order valence-corrected chi connectivity index (χ4v) is 3.89. The molecular formula is C21H15BrF10N2O. The van der Waals surface area contributed by atoms with Crippen LogP contribution in [0.15, 0.2) is 34.8 Å². The maximum Gasteiger partial charge on any atom is 0.418 e. The quantitative estimate of drug-likeness (QED) is 0.341. The lowest BCUT2D eigenvalue weighted by molar-refractivity contribution is -0.253. The smallest absolute Gasteiger partial charge is 0.382 e. The molecule has 2 aromatic carbocycles. The van der Waals surface area contributed by atoms with Gasteiger partial charge in [-0.1, -0.05) is 6.07 Å². The van der Waals surface area contributed by atoms with Crippen LogP contribution in [0.3, 0.4) is 0 Å². The van der Waals surface area contributed by atoms with Gasteiger partial charge < -0.3 is 10.6 Å². The maximum absolute atomic E-state index is 14.8. The fourth-order valence-electron chi connectivity index (χ4n) is 3.31. The molecule has 0 unspecified atom stereocenters. The Labute approximate surface area is 200 Å². The van der Waals surface area contributed by atoms with Gasteiger partial charge in [0, 0.05) is 11.0 Å². The molecular weight excluding hydrogens is 566 g/mol. The van der Waals surface area contributed by atoms with Gasteiger partial charge in [0.2, 0.25) is 0 Å². The summed E-state index contributed by atoms with van der Waals surface area (Å²) in [5.41, 5.74) is -5.64. The fraction of sp³-hybridized carbons (Fsp3) is 0.381. The number of nitrogens with one attached hydrogen (secondary N) is 2. The molecule has 2 aromatic rings. The molecule has 1 amide bonds.